The maximum Gasteiger partial charge on any atom is 0.267 e. The van der Waals surface area contributed by atoms with Crippen molar-refractivity contribution in [1.82, 2.24) is 4.98 Å². The van der Waals surface area contributed by atoms with E-state index in [0.29, 0.717) is 0 Å². The van der Waals surface area contributed by atoms with Gasteiger partial charge in [-0.1, -0.05) is 0 Å². The van der Waals surface area contributed by atoms with Crippen LogP contribution in [0.15, 0.2) is 18.7 Å². The number of aromatic amines is 2. The van der Waals surface area contributed by atoms with Crippen LogP contribution in [0.3, 0.4) is 0 Å². The molecule has 0 bridgehead atoms. The summed E-state index contributed by atoms with van der Waals surface area (Å²) in [6, 6.07) is 0. The molecule has 0 fully saturated rings. The Labute approximate surface area is 70.2 Å². The van der Waals surface area contributed by atoms with Gasteiger partial charge in [-0.05, 0) is 0 Å². The average molecular weight is 194 g/mol. The first-order valence-corrected chi connectivity index (χ1v) is 4.50. The molecule has 70 valence electrons. The number of phosphoric acid groups is 1. The van der Waals surface area contributed by atoms with E-state index in [2.05, 4.69) is 19.0 Å². The molecule has 2 N–H and O–H groups in total. The van der Waals surface area contributed by atoms with Gasteiger partial charge in [0.2, 0.25) is 6.33 Å². The van der Waals surface area contributed by atoms with Crippen molar-refractivity contribution < 1.29 is 23.5 Å². The second-order valence-corrected chi connectivity index (χ2v) is 3.25. The normalized spacial score (nSPS) is 10.2. The highest BCUT2D eigenvalue weighted by Gasteiger charge is 1.98. The fourth-order valence-corrected chi connectivity index (χ4v) is 0.464. The molecule has 0 amide bonds. The molecule has 0 atom stereocenters. The van der Waals surface area contributed by atoms with Gasteiger partial charge in [0.25, 0.3) is 7.82 Å². The predicted octanol–water partition coefficient (Wildman–Crippen LogP) is -0.424. The second kappa shape index (κ2) is 5.91. The first-order valence-electron chi connectivity index (χ1n) is 3.03. The van der Waals surface area contributed by atoms with Crippen molar-refractivity contribution in [2.45, 2.75) is 0 Å². The van der Waals surface area contributed by atoms with Crippen LogP contribution in [0.4, 0.5) is 0 Å². The summed E-state index contributed by atoms with van der Waals surface area (Å²) in [5.74, 6) is 0. The van der Waals surface area contributed by atoms with E-state index < -0.39 is 7.82 Å². The van der Waals surface area contributed by atoms with Crippen LogP contribution in [0.5, 0.6) is 0 Å². The minimum absolute atomic E-state index is 1.04. The molecule has 1 aromatic heterocycles. The van der Waals surface area contributed by atoms with Gasteiger partial charge in [0.1, 0.15) is 12.4 Å². The largest absolute Gasteiger partial charge is 0.756 e. The smallest absolute Gasteiger partial charge is 0.267 e. The second-order valence-electron chi connectivity index (χ2n) is 1.62. The lowest BCUT2D eigenvalue weighted by Crippen LogP contribution is -2.02. The molecule has 0 aliphatic heterocycles. The third-order valence-corrected chi connectivity index (χ3v) is 1.78. The van der Waals surface area contributed by atoms with Crippen molar-refractivity contribution in [2.75, 3.05) is 14.2 Å². The number of nitrogens with one attached hydrogen (secondary N) is 2. The molecule has 0 aliphatic carbocycles. The van der Waals surface area contributed by atoms with Gasteiger partial charge in [-0.3, -0.25) is 14.5 Å². The summed E-state index contributed by atoms with van der Waals surface area (Å²) in [5.41, 5.74) is 0. The zero-order valence-corrected chi connectivity index (χ0v) is 7.71. The number of imidazole rings is 1. The summed E-state index contributed by atoms with van der Waals surface area (Å²) in [6.45, 7) is 0. The topological polar surface area (TPSA) is 88.5 Å². The number of rotatable bonds is 2. The van der Waals surface area contributed by atoms with E-state index in [0.717, 1.165) is 14.2 Å². The third kappa shape index (κ3) is 6.06. The van der Waals surface area contributed by atoms with Crippen molar-refractivity contribution in [3.05, 3.63) is 18.7 Å². The van der Waals surface area contributed by atoms with E-state index in [1.165, 1.54) is 0 Å². The molecule has 0 unspecified atom stereocenters. The molecule has 1 rings (SSSR count). The minimum atomic E-state index is -3.90. The van der Waals surface area contributed by atoms with Crippen LogP contribution >= 0.6 is 7.82 Å². The highest BCUT2D eigenvalue weighted by molar-refractivity contribution is 7.45. The van der Waals surface area contributed by atoms with Crippen molar-refractivity contribution >= 4 is 7.82 Å². The monoisotopic (exact) mass is 194 g/mol. The molecule has 1 aromatic rings. The molecule has 0 aromatic carbocycles. The summed E-state index contributed by atoms with van der Waals surface area (Å²) in [7, 11) is -1.83. The zero-order chi connectivity index (χ0) is 9.45. The molecule has 6 nitrogen and oxygen atoms in total. The Morgan fingerprint density at radius 2 is 2.08 bits per heavy atom. The van der Waals surface area contributed by atoms with E-state index >= 15 is 0 Å². The lowest BCUT2D eigenvalue weighted by molar-refractivity contribution is -0.375. The molecule has 0 aliphatic rings. The van der Waals surface area contributed by atoms with Crippen LogP contribution in [0.2, 0.25) is 0 Å². The van der Waals surface area contributed by atoms with Crippen LogP contribution in [0.1, 0.15) is 0 Å². The van der Waals surface area contributed by atoms with Gasteiger partial charge in [-0.25, -0.2) is 0 Å². The Bertz CT molecular complexity index is 200. The summed E-state index contributed by atoms with van der Waals surface area (Å²) >= 11 is 0. The van der Waals surface area contributed by atoms with Gasteiger partial charge in [-0.15, -0.1) is 0 Å². The Morgan fingerprint density at radius 1 is 1.50 bits per heavy atom. The molecular weight excluding hydrogens is 183 g/mol. The number of aromatic nitrogens is 2. The van der Waals surface area contributed by atoms with Crippen LogP contribution in [-0.4, -0.2) is 19.2 Å². The molecule has 0 spiro atoms. The van der Waals surface area contributed by atoms with Gasteiger partial charge < -0.3 is 13.9 Å². The molecule has 1 heterocycles. The van der Waals surface area contributed by atoms with Crippen molar-refractivity contribution in [3.63, 3.8) is 0 Å². The summed E-state index contributed by atoms with van der Waals surface area (Å²) in [5, 5.41) is 0. The van der Waals surface area contributed by atoms with Crippen molar-refractivity contribution in [1.29, 1.82) is 0 Å². The van der Waals surface area contributed by atoms with Gasteiger partial charge in [-0.2, -0.15) is 0 Å². The Kier molecular flexibility index (Phi) is 5.57. The summed E-state index contributed by atoms with van der Waals surface area (Å²) < 4.78 is 17.7. The molecule has 0 radical (unpaired) electrons. The lowest BCUT2D eigenvalue weighted by Gasteiger charge is -2.16. The number of hydrogen-bond donors (Lipinski definition) is 1. The maximum absolute atomic E-state index is 9.95. The van der Waals surface area contributed by atoms with Gasteiger partial charge in [0.05, 0.1) is 0 Å². The van der Waals surface area contributed by atoms with Crippen LogP contribution in [0, 0.1) is 0 Å². The van der Waals surface area contributed by atoms with Crippen molar-refractivity contribution in [2.24, 2.45) is 0 Å². The van der Waals surface area contributed by atoms with E-state index in [1.807, 2.05) is 12.4 Å². The van der Waals surface area contributed by atoms with Gasteiger partial charge >= 0.3 is 0 Å². The molecule has 0 saturated heterocycles. The quantitative estimate of drug-likeness (QED) is 0.647. The Hall–Kier alpha value is -0.680. The fraction of sp³-hybridized carbons (Fsp3) is 0.400. The SMILES string of the molecule is COP(=O)([O-])OC.c1c[nH+]c[nH]1. The average Bonchev–Trinajstić information content (AvgIpc) is 2.62. The highest BCUT2D eigenvalue weighted by Crippen LogP contribution is 2.34. The summed E-state index contributed by atoms with van der Waals surface area (Å²) in [6.07, 6.45) is 5.39. The zero-order valence-electron chi connectivity index (χ0n) is 6.81. The molecule has 7 heteroatoms. The number of H-pyrrole nitrogens is 2. The van der Waals surface area contributed by atoms with E-state index in [4.69, 9.17) is 0 Å². The van der Waals surface area contributed by atoms with Crippen molar-refractivity contribution in [3.8, 4) is 0 Å². The molecular formula is C5H11N2O4P. The standard InChI is InChI=1S/C3H4N2.C2H7O4P/c1-2-5-3-4-1;1-5-7(3,4)6-2/h1-3H,(H,4,5);1-2H3,(H,3,4). The van der Waals surface area contributed by atoms with Crippen LogP contribution < -0.4 is 9.88 Å². The lowest BCUT2D eigenvalue weighted by atomic mass is 11.0. The van der Waals surface area contributed by atoms with Crippen LogP contribution in [0.25, 0.3) is 0 Å². The Balaban J connectivity index is 0.000000211. The molecule has 12 heavy (non-hydrogen) atoms. The summed E-state index contributed by atoms with van der Waals surface area (Å²) in [4.78, 5) is 15.6. The minimum Gasteiger partial charge on any atom is -0.756 e. The van der Waals surface area contributed by atoms with Crippen LogP contribution in [-0.2, 0) is 13.6 Å². The number of phosphoric ester groups is 1. The van der Waals surface area contributed by atoms with Gasteiger partial charge in [0.15, 0.2) is 0 Å². The highest BCUT2D eigenvalue weighted by atomic mass is 31.2. The Morgan fingerprint density at radius 3 is 2.17 bits per heavy atom. The van der Waals surface area contributed by atoms with E-state index in [-0.39, 0.29) is 0 Å². The first-order chi connectivity index (χ1) is 5.62. The third-order valence-electron chi connectivity index (χ3n) is 0.890. The molecule has 0 saturated carbocycles. The fourth-order valence-electron chi connectivity index (χ4n) is 0.315. The van der Waals surface area contributed by atoms with E-state index in [1.54, 1.807) is 6.33 Å². The van der Waals surface area contributed by atoms with E-state index in [9.17, 15) is 9.46 Å². The maximum atomic E-state index is 9.95. The first kappa shape index (κ1) is 11.3. The number of hydrogen-bond acceptors (Lipinski definition) is 4. The van der Waals surface area contributed by atoms with Gasteiger partial charge in [0, 0.05) is 14.2 Å². The predicted molar refractivity (Wildman–Crippen MR) is 39.0 cm³/mol.